The Kier molecular flexibility index (Phi) is 2.71. The number of nitrogen functional groups attached to an aromatic ring is 1. The third kappa shape index (κ3) is 2.63. The maximum atomic E-state index is 11.0. The van der Waals surface area contributed by atoms with Crippen LogP contribution in [-0.4, -0.2) is 14.7 Å². The summed E-state index contributed by atoms with van der Waals surface area (Å²) in [4.78, 5) is 0. The van der Waals surface area contributed by atoms with Crippen LogP contribution in [0.3, 0.4) is 0 Å². The monoisotopic (exact) mass is 214 g/mol. The second-order valence-corrected chi connectivity index (χ2v) is 5.15. The molecule has 14 heavy (non-hydrogen) atoms. The molecule has 0 aromatic heterocycles. The molecule has 0 saturated carbocycles. The average molecular weight is 214 g/mol. The molecule has 1 aromatic rings. The van der Waals surface area contributed by atoms with Gasteiger partial charge in [-0.15, -0.1) is 0 Å². The van der Waals surface area contributed by atoms with Gasteiger partial charge < -0.3 is 5.73 Å². The van der Waals surface area contributed by atoms with Crippen molar-refractivity contribution in [3.63, 3.8) is 0 Å². The van der Waals surface area contributed by atoms with E-state index in [-0.39, 0.29) is 0 Å². The van der Waals surface area contributed by atoms with Gasteiger partial charge in [0.1, 0.15) is 0 Å². The van der Waals surface area contributed by atoms with E-state index in [0.717, 1.165) is 17.4 Å². The fourth-order valence-corrected chi connectivity index (χ4v) is 2.04. The lowest BCUT2D eigenvalue weighted by molar-refractivity contribution is 0.606. The van der Waals surface area contributed by atoms with Crippen LogP contribution in [0.4, 0.5) is 11.4 Å². The predicted molar refractivity (Wildman–Crippen MR) is 58.8 cm³/mol. The Bertz CT molecular complexity index is 429. The third-order valence-corrected chi connectivity index (χ3v) is 2.42. The third-order valence-electron chi connectivity index (χ3n) is 1.84. The quantitative estimate of drug-likeness (QED) is 0.728. The summed E-state index contributed by atoms with van der Waals surface area (Å²) in [5.41, 5.74) is 8.52. The van der Waals surface area contributed by atoms with Crippen molar-refractivity contribution < 1.29 is 8.42 Å². The number of hydrogen-bond acceptors (Lipinski definition) is 3. The summed E-state index contributed by atoms with van der Waals surface area (Å²) in [5.74, 6) is 0. The van der Waals surface area contributed by atoms with Crippen molar-refractivity contribution in [2.75, 3.05) is 16.7 Å². The van der Waals surface area contributed by atoms with Crippen molar-refractivity contribution in [1.29, 1.82) is 0 Å². The number of hydrogen-bond donors (Lipinski definition) is 2. The van der Waals surface area contributed by atoms with Gasteiger partial charge in [-0.25, -0.2) is 8.42 Å². The Hall–Kier alpha value is -1.23. The van der Waals surface area contributed by atoms with E-state index in [1.165, 1.54) is 0 Å². The molecule has 0 aliphatic heterocycles. The molecule has 0 aliphatic carbocycles. The lowest BCUT2D eigenvalue weighted by Gasteiger charge is -2.11. The Balaban J connectivity index is 3.22. The molecular formula is C9H14N2O2S. The van der Waals surface area contributed by atoms with Crippen LogP contribution in [0, 0.1) is 13.8 Å². The first-order valence-electron chi connectivity index (χ1n) is 4.14. The predicted octanol–water partition coefficient (Wildman–Crippen LogP) is 1.26. The minimum Gasteiger partial charge on any atom is -0.399 e. The highest BCUT2D eigenvalue weighted by molar-refractivity contribution is 7.92. The van der Waals surface area contributed by atoms with Crippen molar-refractivity contribution >= 4 is 21.4 Å². The van der Waals surface area contributed by atoms with Gasteiger partial charge in [-0.1, -0.05) is 0 Å². The topological polar surface area (TPSA) is 72.2 Å². The summed E-state index contributed by atoms with van der Waals surface area (Å²) in [6.07, 6.45) is 1.13. The van der Waals surface area contributed by atoms with Gasteiger partial charge in [0.05, 0.1) is 11.9 Å². The number of benzene rings is 1. The Morgan fingerprint density at radius 3 is 2.00 bits per heavy atom. The highest BCUT2D eigenvalue weighted by Crippen LogP contribution is 2.23. The van der Waals surface area contributed by atoms with Crippen LogP contribution in [0.25, 0.3) is 0 Å². The van der Waals surface area contributed by atoms with Gasteiger partial charge in [0.15, 0.2) is 0 Å². The zero-order chi connectivity index (χ0) is 10.9. The summed E-state index contributed by atoms with van der Waals surface area (Å²) in [5, 5.41) is 0. The molecule has 4 nitrogen and oxygen atoms in total. The zero-order valence-electron chi connectivity index (χ0n) is 8.46. The first-order chi connectivity index (χ1) is 6.29. The zero-order valence-corrected chi connectivity index (χ0v) is 9.27. The van der Waals surface area contributed by atoms with Gasteiger partial charge in [-0.05, 0) is 37.1 Å². The number of aryl methyl sites for hydroxylation is 2. The molecule has 1 rings (SSSR count). The average Bonchev–Trinajstić information content (AvgIpc) is 1.95. The SMILES string of the molecule is Cc1cc(N)cc(C)c1NS(C)(=O)=O. The molecule has 0 aliphatic rings. The Labute approximate surface area is 84.2 Å². The smallest absolute Gasteiger partial charge is 0.229 e. The summed E-state index contributed by atoms with van der Waals surface area (Å²) in [6, 6.07) is 3.47. The lowest BCUT2D eigenvalue weighted by atomic mass is 10.1. The van der Waals surface area contributed by atoms with Crippen LogP contribution in [0.15, 0.2) is 12.1 Å². The molecule has 1 aromatic carbocycles. The molecule has 0 saturated heterocycles. The van der Waals surface area contributed by atoms with Crippen molar-refractivity contribution in [2.24, 2.45) is 0 Å². The van der Waals surface area contributed by atoms with Gasteiger partial charge in [0, 0.05) is 5.69 Å². The van der Waals surface area contributed by atoms with Crippen molar-refractivity contribution in [2.45, 2.75) is 13.8 Å². The number of nitrogens with two attached hydrogens (primary N) is 1. The summed E-state index contributed by atoms with van der Waals surface area (Å²) >= 11 is 0. The normalized spacial score (nSPS) is 11.4. The number of rotatable bonds is 2. The lowest BCUT2D eigenvalue weighted by Crippen LogP contribution is -2.12. The van der Waals surface area contributed by atoms with Crippen LogP contribution in [-0.2, 0) is 10.0 Å². The first kappa shape index (κ1) is 10.8. The van der Waals surface area contributed by atoms with Crippen molar-refractivity contribution in [3.8, 4) is 0 Å². The van der Waals surface area contributed by atoms with E-state index < -0.39 is 10.0 Å². The molecule has 0 unspecified atom stereocenters. The molecule has 0 radical (unpaired) electrons. The highest BCUT2D eigenvalue weighted by Gasteiger charge is 2.08. The molecule has 0 spiro atoms. The summed E-state index contributed by atoms with van der Waals surface area (Å²) in [6.45, 7) is 3.63. The van der Waals surface area contributed by atoms with Crippen LogP contribution in [0.1, 0.15) is 11.1 Å². The summed E-state index contributed by atoms with van der Waals surface area (Å²) < 4.78 is 24.6. The van der Waals surface area contributed by atoms with E-state index in [0.29, 0.717) is 11.4 Å². The largest absolute Gasteiger partial charge is 0.399 e. The van der Waals surface area contributed by atoms with Crippen LogP contribution in [0.5, 0.6) is 0 Å². The van der Waals surface area contributed by atoms with E-state index in [1.54, 1.807) is 12.1 Å². The van der Waals surface area contributed by atoms with Crippen molar-refractivity contribution in [3.05, 3.63) is 23.3 Å². The number of nitrogens with one attached hydrogen (secondary N) is 1. The van der Waals surface area contributed by atoms with Gasteiger partial charge in [-0.3, -0.25) is 4.72 Å². The van der Waals surface area contributed by atoms with E-state index in [2.05, 4.69) is 4.72 Å². The summed E-state index contributed by atoms with van der Waals surface area (Å²) in [7, 11) is -3.23. The fraction of sp³-hybridized carbons (Fsp3) is 0.333. The number of sulfonamides is 1. The molecule has 0 fully saturated rings. The van der Waals surface area contributed by atoms with E-state index in [1.807, 2.05) is 13.8 Å². The van der Waals surface area contributed by atoms with Crippen LogP contribution < -0.4 is 10.5 Å². The fourth-order valence-electron chi connectivity index (χ4n) is 1.34. The van der Waals surface area contributed by atoms with Gasteiger partial charge in [0.2, 0.25) is 10.0 Å². The highest BCUT2D eigenvalue weighted by atomic mass is 32.2. The van der Waals surface area contributed by atoms with Gasteiger partial charge in [-0.2, -0.15) is 0 Å². The minimum atomic E-state index is -3.23. The molecule has 0 amide bonds. The van der Waals surface area contributed by atoms with Gasteiger partial charge in [0.25, 0.3) is 0 Å². The molecular weight excluding hydrogens is 200 g/mol. The molecule has 5 heteroatoms. The molecule has 0 heterocycles. The van der Waals surface area contributed by atoms with E-state index in [4.69, 9.17) is 5.73 Å². The molecule has 0 bridgehead atoms. The molecule has 78 valence electrons. The Morgan fingerprint density at radius 1 is 1.21 bits per heavy atom. The maximum Gasteiger partial charge on any atom is 0.229 e. The molecule has 3 N–H and O–H groups in total. The second kappa shape index (κ2) is 3.49. The van der Waals surface area contributed by atoms with Crippen LogP contribution >= 0.6 is 0 Å². The minimum absolute atomic E-state index is 0.613. The standard InChI is InChI=1S/C9H14N2O2S/c1-6-4-8(10)5-7(2)9(6)11-14(3,12)13/h4-5,11H,10H2,1-3H3. The van der Waals surface area contributed by atoms with Crippen molar-refractivity contribution in [1.82, 2.24) is 0 Å². The van der Waals surface area contributed by atoms with Gasteiger partial charge >= 0.3 is 0 Å². The van der Waals surface area contributed by atoms with Crippen LogP contribution in [0.2, 0.25) is 0 Å². The Morgan fingerprint density at radius 2 is 1.64 bits per heavy atom. The maximum absolute atomic E-state index is 11.0. The number of anilines is 2. The first-order valence-corrected chi connectivity index (χ1v) is 6.03. The molecule has 0 atom stereocenters. The second-order valence-electron chi connectivity index (χ2n) is 3.40. The van der Waals surface area contributed by atoms with E-state index in [9.17, 15) is 8.42 Å². The van der Waals surface area contributed by atoms with E-state index >= 15 is 0 Å².